The lowest BCUT2D eigenvalue weighted by Gasteiger charge is -2.20. The molecule has 1 aromatic rings. The molecule has 1 aromatic heterocycles. The van der Waals surface area contributed by atoms with Crippen molar-refractivity contribution in [3.05, 3.63) is 23.7 Å². The summed E-state index contributed by atoms with van der Waals surface area (Å²) in [5.74, 6) is 2.07. The molecule has 3 heterocycles. The number of nitrogens with zero attached hydrogens (tertiary/aromatic N) is 1. The van der Waals surface area contributed by atoms with E-state index in [2.05, 4.69) is 16.3 Å². The van der Waals surface area contributed by atoms with Crippen molar-refractivity contribution >= 4 is 0 Å². The Labute approximate surface area is 96.8 Å². The van der Waals surface area contributed by atoms with Crippen LogP contribution in [0.3, 0.4) is 0 Å². The lowest BCUT2D eigenvalue weighted by molar-refractivity contribution is 0.295. The van der Waals surface area contributed by atoms with Crippen LogP contribution in [0.2, 0.25) is 0 Å². The van der Waals surface area contributed by atoms with Crippen molar-refractivity contribution in [1.29, 1.82) is 0 Å². The minimum absolute atomic E-state index is 0.674. The number of furan rings is 1. The number of hydrogen-bond acceptors (Lipinski definition) is 3. The quantitative estimate of drug-likeness (QED) is 0.843. The Morgan fingerprint density at radius 3 is 3.12 bits per heavy atom. The zero-order chi connectivity index (χ0) is 11.0. The SMILES string of the molecule is Cc1ccc(CNC2CCN3CCCC23)o1. The van der Waals surface area contributed by atoms with Gasteiger partial charge in [-0.1, -0.05) is 0 Å². The van der Waals surface area contributed by atoms with Crippen LogP contribution < -0.4 is 5.32 Å². The highest BCUT2D eigenvalue weighted by atomic mass is 16.3. The van der Waals surface area contributed by atoms with Crippen LogP contribution in [-0.2, 0) is 6.54 Å². The summed E-state index contributed by atoms with van der Waals surface area (Å²) in [7, 11) is 0. The van der Waals surface area contributed by atoms with Gasteiger partial charge >= 0.3 is 0 Å². The molecule has 0 amide bonds. The van der Waals surface area contributed by atoms with Gasteiger partial charge in [0.2, 0.25) is 0 Å². The molecule has 88 valence electrons. The van der Waals surface area contributed by atoms with Crippen molar-refractivity contribution < 1.29 is 4.42 Å². The maximum Gasteiger partial charge on any atom is 0.117 e. The van der Waals surface area contributed by atoms with Gasteiger partial charge in [-0.05, 0) is 44.9 Å². The van der Waals surface area contributed by atoms with Gasteiger partial charge in [0, 0.05) is 18.6 Å². The third-order valence-electron chi connectivity index (χ3n) is 3.94. The maximum absolute atomic E-state index is 5.58. The first-order chi connectivity index (χ1) is 7.83. The summed E-state index contributed by atoms with van der Waals surface area (Å²) in [6.07, 6.45) is 4.04. The van der Waals surface area contributed by atoms with Crippen molar-refractivity contribution in [2.75, 3.05) is 13.1 Å². The van der Waals surface area contributed by atoms with Crippen LogP contribution in [0, 0.1) is 6.92 Å². The summed E-state index contributed by atoms with van der Waals surface area (Å²) in [5, 5.41) is 3.65. The van der Waals surface area contributed by atoms with Gasteiger partial charge in [-0.2, -0.15) is 0 Å². The third-order valence-corrected chi connectivity index (χ3v) is 3.94. The molecule has 2 saturated heterocycles. The molecule has 2 aliphatic heterocycles. The average Bonchev–Trinajstić information content (AvgIpc) is 2.91. The minimum Gasteiger partial charge on any atom is -0.465 e. The summed E-state index contributed by atoms with van der Waals surface area (Å²) in [6.45, 7) is 5.46. The fraction of sp³-hybridized carbons (Fsp3) is 0.692. The normalized spacial score (nSPS) is 29.8. The van der Waals surface area contributed by atoms with Gasteiger partial charge in [-0.3, -0.25) is 4.90 Å². The molecule has 0 spiro atoms. The Morgan fingerprint density at radius 1 is 1.38 bits per heavy atom. The molecule has 16 heavy (non-hydrogen) atoms. The molecule has 2 unspecified atom stereocenters. The molecule has 2 fully saturated rings. The van der Waals surface area contributed by atoms with Gasteiger partial charge < -0.3 is 9.73 Å². The Balaban J connectivity index is 1.55. The number of fused-ring (bicyclic) bond motifs is 1. The Kier molecular flexibility index (Phi) is 2.74. The Hall–Kier alpha value is -0.800. The van der Waals surface area contributed by atoms with E-state index in [0.29, 0.717) is 6.04 Å². The number of hydrogen-bond donors (Lipinski definition) is 1. The predicted octanol–water partition coefficient (Wildman–Crippen LogP) is 1.91. The molecule has 3 heteroatoms. The van der Waals surface area contributed by atoms with E-state index in [9.17, 15) is 0 Å². The van der Waals surface area contributed by atoms with Crippen LogP contribution in [0.4, 0.5) is 0 Å². The van der Waals surface area contributed by atoms with Gasteiger partial charge in [0.25, 0.3) is 0 Å². The second-order valence-corrected chi connectivity index (χ2v) is 5.03. The van der Waals surface area contributed by atoms with E-state index < -0.39 is 0 Å². The van der Waals surface area contributed by atoms with Crippen LogP contribution in [0.25, 0.3) is 0 Å². The summed E-state index contributed by atoms with van der Waals surface area (Å²) >= 11 is 0. The van der Waals surface area contributed by atoms with E-state index in [1.807, 2.05) is 13.0 Å². The molecular weight excluding hydrogens is 200 g/mol. The molecular formula is C13H20N2O. The summed E-state index contributed by atoms with van der Waals surface area (Å²) < 4.78 is 5.58. The summed E-state index contributed by atoms with van der Waals surface area (Å²) in [4.78, 5) is 2.63. The van der Waals surface area contributed by atoms with Gasteiger partial charge in [0.15, 0.2) is 0 Å². The molecule has 2 aliphatic rings. The minimum atomic E-state index is 0.674. The van der Waals surface area contributed by atoms with Gasteiger partial charge in [0.05, 0.1) is 6.54 Å². The molecule has 0 aliphatic carbocycles. The number of aryl methyl sites for hydroxylation is 1. The zero-order valence-corrected chi connectivity index (χ0v) is 9.91. The average molecular weight is 220 g/mol. The Bertz CT molecular complexity index is 361. The fourth-order valence-electron chi connectivity index (χ4n) is 3.13. The van der Waals surface area contributed by atoms with E-state index in [1.54, 1.807) is 0 Å². The first-order valence-corrected chi connectivity index (χ1v) is 6.36. The molecule has 0 aromatic carbocycles. The van der Waals surface area contributed by atoms with Crippen LogP contribution in [0.1, 0.15) is 30.8 Å². The van der Waals surface area contributed by atoms with E-state index in [-0.39, 0.29) is 0 Å². The van der Waals surface area contributed by atoms with E-state index in [4.69, 9.17) is 4.42 Å². The largest absolute Gasteiger partial charge is 0.465 e. The monoisotopic (exact) mass is 220 g/mol. The smallest absolute Gasteiger partial charge is 0.117 e. The third kappa shape index (κ3) is 1.89. The van der Waals surface area contributed by atoms with Crippen LogP contribution in [0.5, 0.6) is 0 Å². The van der Waals surface area contributed by atoms with Crippen molar-refractivity contribution in [2.24, 2.45) is 0 Å². The van der Waals surface area contributed by atoms with Crippen molar-refractivity contribution in [1.82, 2.24) is 10.2 Å². The predicted molar refractivity (Wildman–Crippen MR) is 63.3 cm³/mol. The molecule has 0 bridgehead atoms. The highest BCUT2D eigenvalue weighted by Crippen LogP contribution is 2.28. The van der Waals surface area contributed by atoms with E-state index >= 15 is 0 Å². The molecule has 3 nitrogen and oxygen atoms in total. The van der Waals surface area contributed by atoms with Crippen LogP contribution in [-0.4, -0.2) is 30.1 Å². The second-order valence-electron chi connectivity index (χ2n) is 5.03. The summed E-state index contributed by atoms with van der Waals surface area (Å²) in [5.41, 5.74) is 0. The number of rotatable bonds is 3. The van der Waals surface area contributed by atoms with E-state index in [1.165, 1.54) is 32.4 Å². The first kappa shape index (κ1) is 10.4. The Morgan fingerprint density at radius 2 is 2.31 bits per heavy atom. The zero-order valence-electron chi connectivity index (χ0n) is 9.91. The van der Waals surface area contributed by atoms with Crippen molar-refractivity contribution in [2.45, 2.75) is 44.8 Å². The van der Waals surface area contributed by atoms with Crippen molar-refractivity contribution in [3.8, 4) is 0 Å². The second kappa shape index (κ2) is 4.22. The standard InChI is InChI=1S/C13H20N2O/c1-10-4-5-11(16-10)9-14-12-6-8-15-7-2-3-13(12)15/h4-5,12-14H,2-3,6-9H2,1H3. The highest BCUT2D eigenvalue weighted by Gasteiger charge is 2.36. The van der Waals surface area contributed by atoms with E-state index in [0.717, 1.165) is 24.1 Å². The maximum atomic E-state index is 5.58. The molecule has 3 rings (SSSR count). The topological polar surface area (TPSA) is 28.4 Å². The first-order valence-electron chi connectivity index (χ1n) is 6.36. The lowest BCUT2D eigenvalue weighted by atomic mass is 10.1. The molecule has 1 N–H and O–H groups in total. The van der Waals surface area contributed by atoms with Gasteiger partial charge in [-0.15, -0.1) is 0 Å². The number of nitrogens with one attached hydrogen (secondary N) is 1. The van der Waals surface area contributed by atoms with Crippen molar-refractivity contribution in [3.63, 3.8) is 0 Å². The van der Waals surface area contributed by atoms with Crippen LogP contribution in [0.15, 0.2) is 16.5 Å². The molecule has 2 atom stereocenters. The lowest BCUT2D eigenvalue weighted by Crippen LogP contribution is -2.38. The highest BCUT2D eigenvalue weighted by molar-refractivity contribution is 5.06. The van der Waals surface area contributed by atoms with Gasteiger partial charge in [-0.25, -0.2) is 0 Å². The molecule has 0 radical (unpaired) electrons. The molecule has 0 saturated carbocycles. The van der Waals surface area contributed by atoms with Gasteiger partial charge in [0.1, 0.15) is 11.5 Å². The summed E-state index contributed by atoms with van der Waals surface area (Å²) in [6, 6.07) is 5.57. The fourth-order valence-corrected chi connectivity index (χ4v) is 3.13. The van der Waals surface area contributed by atoms with Crippen LogP contribution >= 0.6 is 0 Å².